The second-order valence-corrected chi connectivity index (χ2v) is 36.4. The first kappa shape index (κ1) is 86.3. The number of carbonyl (C=O) groups excluding carboxylic acids is 2. The van der Waals surface area contributed by atoms with Crippen molar-refractivity contribution in [3.05, 3.63) is 23.3 Å². The molecule has 8 aliphatic carbocycles. The van der Waals surface area contributed by atoms with Gasteiger partial charge in [0.25, 0.3) is 0 Å². The molecule has 11 unspecified atom stereocenters. The summed E-state index contributed by atoms with van der Waals surface area (Å²) >= 11 is 0. The molecule has 8 rings (SSSR count). The number of hydrogen-bond acceptors (Lipinski definition) is 18. The normalized spacial score (nSPS) is 32.0. The minimum atomic E-state index is -4.39. The van der Waals surface area contributed by atoms with Crippen molar-refractivity contribution >= 4 is 19.8 Å². The van der Waals surface area contributed by atoms with Gasteiger partial charge in [-0.1, -0.05) is 131 Å². The maximum absolute atomic E-state index is 12.8. The van der Waals surface area contributed by atoms with Crippen LogP contribution in [0.25, 0.3) is 0 Å². The van der Waals surface area contributed by atoms with E-state index in [1.165, 1.54) is 114 Å². The summed E-state index contributed by atoms with van der Waals surface area (Å²) in [4.78, 5) is 38.3. The summed E-state index contributed by atoms with van der Waals surface area (Å²) in [5.74, 6) is 8.97. The Labute approximate surface area is 622 Å². The van der Waals surface area contributed by atoms with Crippen molar-refractivity contribution in [2.24, 2.45) is 98.6 Å². The zero-order chi connectivity index (χ0) is 73.9. The van der Waals surface area contributed by atoms with Gasteiger partial charge in [-0.25, -0.2) is 9.59 Å². The quantitative estimate of drug-likeness (QED) is 0.0251. The van der Waals surface area contributed by atoms with Crippen LogP contribution in [0, 0.1) is 98.6 Å². The molecule has 0 radical (unpaired) electrons. The molecule has 0 heterocycles. The van der Waals surface area contributed by atoms with Gasteiger partial charge < -0.3 is 86.9 Å². The van der Waals surface area contributed by atoms with E-state index in [-0.39, 0.29) is 74.9 Å². The molecule has 596 valence electrons. The SMILES string of the molecule is CC(C)CCC[C@H](C)C1CCC2C3CC=C4C[C@@H](OC(=O)NCCCOCCOCCOCCOCC(O)COP(=O)([O-])CC(CO)COCCOCCOCCOCCOCCNC(=O)O[C@H]5CC[C@@]6(C)C(=CCC7C8CCC([C@@H](C)CCCC(C)C)[C@@]8(C)CCC76)C5)CC[C@]4(C)C3CC[C@@]21C. The maximum Gasteiger partial charge on any atom is 0.407 e. The number of aliphatic hydroxyl groups excluding tert-OH is 2. The van der Waals surface area contributed by atoms with Crippen LogP contribution in [0.1, 0.15) is 217 Å². The van der Waals surface area contributed by atoms with Crippen molar-refractivity contribution in [2.75, 3.05) is 151 Å². The van der Waals surface area contributed by atoms with E-state index in [0.29, 0.717) is 110 Å². The topological polar surface area (TPSA) is 250 Å². The molecule has 0 aromatic heterocycles. The van der Waals surface area contributed by atoms with Crippen LogP contribution in [0.4, 0.5) is 9.59 Å². The van der Waals surface area contributed by atoms with E-state index in [9.17, 15) is 29.3 Å². The van der Waals surface area contributed by atoms with Gasteiger partial charge in [0.1, 0.15) is 25.9 Å². The molecule has 6 fully saturated rings. The molecule has 19 atom stereocenters. The largest absolute Gasteiger partial charge is 0.778 e. The van der Waals surface area contributed by atoms with E-state index in [1.807, 2.05) is 0 Å². The molecule has 103 heavy (non-hydrogen) atoms. The number of alkyl carbamates (subject to hydrolysis) is 2. The van der Waals surface area contributed by atoms with E-state index in [2.05, 4.69) is 92.0 Å². The first-order valence-electron chi connectivity index (χ1n) is 41.2. The van der Waals surface area contributed by atoms with Gasteiger partial charge in [0.15, 0.2) is 0 Å². The second kappa shape index (κ2) is 43.4. The summed E-state index contributed by atoms with van der Waals surface area (Å²) in [6, 6.07) is 0. The zero-order valence-corrected chi connectivity index (χ0v) is 66.7. The summed E-state index contributed by atoms with van der Waals surface area (Å²) in [5.41, 5.74) is 4.47. The molecule has 21 heteroatoms. The van der Waals surface area contributed by atoms with Gasteiger partial charge in [-0.2, -0.15) is 0 Å². The van der Waals surface area contributed by atoms with Crippen LogP contribution in [-0.2, 0) is 61.2 Å². The fourth-order valence-electron chi connectivity index (χ4n) is 21.3. The van der Waals surface area contributed by atoms with Crippen LogP contribution in [-0.4, -0.2) is 192 Å². The van der Waals surface area contributed by atoms with Gasteiger partial charge in [-0.15, -0.1) is 0 Å². The van der Waals surface area contributed by atoms with Crippen LogP contribution in [0.2, 0.25) is 0 Å². The molecular weight excluding hydrogens is 1330 g/mol. The lowest BCUT2D eigenvalue weighted by Crippen LogP contribution is -2.51. The lowest BCUT2D eigenvalue weighted by atomic mass is 9.47. The highest BCUT2D eigenvalue weighted by Crippen LogP contribution is 2.69. The van der Waals surface area contributed by atoms with Gasteiger partial charge in [0.2, 0.25) is 0 Å². The number of aliphatic hydroxyl groups is 2. The highest BCUT2D eigenvalue weighted by atomic mass is 31.2. The third-order valence-corrected chi connectivity index (χ3v) is 28.3. The number of nitrogens with one attached hydrogen (secondary N) is 2. The summed E-state index contributed by atoms with van der Waals surface area (Å²) in [7, 11) is -4.39. The molecule has 8 aliphatic rings. The number of hydrogen-bond donors (Lipinski definition) is 4. The first-order valence-corrected chi connectivity index (χ1v) is 42.9. The standard InChI is InChI=1S/C82H145N2O18P/c1-59(2)14-11-16-61(5)71-22-24-73-69-20-18-64-52-67(26-30-79(64,7)75(69)28-32-81(71,73)9)101-77(87)83-34-13-36-91-38-40-93-44-47-97-49-51-99-56-66(86)57-100-103(89,90)58-63(54-85)55-98-50-48-96-46-45-95-43-42-94-41-39-92-37-35-84-78(88)102-68-27-31-80(8)65(53-68)19-21-70-74-25-23-72(62(6)17-12-15-60(3)4)82(74,10)33-29-76(70)80/h18-19,59-63,66-76,85-86H,11-17,20-58H2,1-10H3,(H,83,87)(H,84,88)(H,89,90)/p-1/t61-,62-,63?,66?,67-,68-,69?,70?,71?,72?,73?,74?,75?,76?,79-,80-,81+,82+/m0/s1. The first-order chi connectivity index (χ1) is 49.5. The smallest absolute Gasteiger partial charge is 0.407 e. The number of carbonyl (C=O) groups is 2. The molecule has 0 aromatic rings. The Bertz CT molecular complexity index is 2580. The van der Waals surface area contributed by atoms with E-state index in [4.69, 9.17) is 56.6 Å². The van der Waals surface area contributed by atoms with Crippen molar-refractivity contribution in [2.45, 2.75) is 235 Å². The van der Waals surface area contributed by atoms with Crippen molar-refractivity contribution in [3.63, 3.8) is 0 Å². The number of ether oxygens (including phenoxy) is 11. The molecule has 0 aliphatic heterocycles. The average molecular weight is 1480 g/mol. The number of allylic oxidation sites excluding steroid dienone is 2. The Morgan fingerprint density at radius 1 is 0.495 bits per heavy atom. The lowest BCUT2D eigenvalue weighted by molar-refractivity contribution is -0.202. The summed E-state index contributed by atoms with van der Waals surface area (Å²) in [6.07, 6.45) is 30.6. The average Bonchev–Trinajstić information content (AvgIpc) is 1.69. The summed E-state index contributed by atoms with van der Waals surface area (Å²) in [6.45, 7) is 30.2. The van der Waals surface area contributed by atoms with Gasteiger partial charge >= 0.3 is 12.2 Å². The molecule has 4 N–H and O–H groups in total. The minimum absolute atomic E-state index is 0.0177. The molecule has 0 bridgehead atoms. The highest BCUT2D eigenvalue weighted by molar-refractivity contribution is 7.51. The fourth-order valence-corrected chi connectivity index (χ4v) is 22.6. The Kier molecular flexibility index (Phi) is 36.3. The van der Waals surface area contributed by atoms with Crippen LogP contribution in [0.5, 0.6) is 0 Å². The minimum Gasteiger partial charge on any atom is -0.778 e. The van der Waals surface area contributed by atoms with Crippen LogP contribution >= 0.6 is 7.60 Å². The predicted molar refractivity (Wildman–Crippen MR) is 400 cm³/mol. The molecule has 6 saturated carbocycles. The molecule has 0 spiro atoms. The second-order valence-electron chi connectivity index (χ2n) is 34.6. The van der Waals surface area contributed by atoms with Crippen molar-refractivity contribution in [1.82, 2.24) is 10.6 Å². The van der Waals surface area contributed by atoms with E-state index < -0.39 is 39.0 Å². The monoisotopic (exact) mass is 1480 g/mol. The van der Waals surface area contributed by atoms with Gasteiger partial charge in [0, 0.05) is 51.2 Å². The van der Waals surface area contributed by atoms with E-state index in [1.54, 1.807) is 0 Å². The third-order valence-electron chi connectivity index (χ3n) is 26.8. The van der Waals surface area contributed by atoms with Crippen LogP contribution in [0.15, 0.2) is 23.3 Å². The van der Waals surface area contributed by atoms with Gasteiger partial charge in [-0.3, -0.25) is 0 Å². The number of fused-ring (bicyclic) bond motifs is 10. The molecule has 0 saturated heterocycles. The Morgan fingerprint density at radius 3 is 1.34 bits per heavy atom. The fraction of sp³-hybridized carbons (Fsp3) is 0.927. The van der Waals surface area contributed by atoms with Crippen LogP contribution < -0.4 is 15.5 Å². The lowest BCUT2D eigenvalue weighted by Gasteiger charge is -2.58. The summed E-state index contributed by atoms with van der Waals surface area (Å²) in [5, 5.41) is 25.9. The maximum atomic E-state index is 12.8. The Balaban J connectivity index is 0.530. The summed E-state index contributed by atoms with van der Waals surface area (Å²) < 4.78 is 79.8. The molecule has 2 amide bonds. The third kappa shape index (κ3) is 25.6. The number of rotatable bonds is 50. The molecule has 0 aromatic carbocycles. The van der Waals surface area contributed by atoms with E-state index in [0.717, 1.165) is 110 Å². The molecule has 20 nitrogen and oxygen atoms in total. The van der Waals surface area contributed by atoms with Crippen molar-refractivity contribution in [3.8, 4) is 0 Å². The molecular formula is C82H144N2O18P-. The Hall–Kier alpha value is -2.27. The van der Waals surface area contributed by atoms with E-state index >= 15 is 0 Å². The zero-order valence-electron chi connectivity index (χ0n) is 65.8. The van der Waals surface area contributed by atoms with Crippen molar-refractivity contribution in [1.29, 1.82) is 0 Å². The Morgan fingerprint density at radius 2 is 0.903 bits per heavy atom. The van der Waals surface area contributed by atoms with Crippen LogP contribution in [0.3, 0.4) is 0 Å². The van der Waals surface area contributed by atoms with Gasteiger partial charge in [0.05, 0.1) is 119 Å². The van der Waals surface area contributed by atoms with Crippen molar-refractivity contribution < 1.29 is 85.9 Å². The number of amides is 2. The van der Waals surface area contributed by atoms with Gasteiger partial charge in [-0.05, 0) is 189 Å². The highest BCUT2D eigenvalue weighted by Gasteiger charge is 2.61. The predicted octanol–water partition coefficient (Wildman–Crippen LogP) is 14.3.